The number of carboxylic acid groups (broad SMARTS) is 1. The number of carboxylic acids is 1. The van der Waals surface area contributed by atoms with Crippen molar-refractivity contribution in [2.24, 2.45) is 5.92 Å². The number of carbonyl (C=O) groups excluding carboxylic acids is 1. The maximum atomic E-state index is 12.9. The Bertz CT molecular complexity index is 814. The maximum absolute atomic E-state index is 12.9. The maximum Gasteiger partial charge on any atom is 0.308 e. The first-order valence-electron chi connectivity index (χ1n) is 8.24. The van der Waals surface area contributed by atoms with Gasteiger partial charge in [-0.2, -0.15) is 5.10 Å². The molecule has 3 rings (SSSR count). The van der Waals surface area contributed by atoms with Gasteiger partial charge in [0.2, 0.25) is 0 Å². The van der Waals surface area contributed by atoms with Crippen LogP contribution < -0.4 is 0 Å². The number of para-hydroxylation sites is 1. The molecular weight excluding hydrogens is 342 g/mol. The predicted molar refractivity (Wildman–Crippen MR) is 94.2 cm³/mol. The lowest BCUT2D eigenvalue weighted by atomic mass is 10.1. The summed E-state index contributed by atoms with van der Waals surface area (Å²) < 4.78 is 1.64. The third kappa shape index (κ3) is 3.69. The van der Waals surface area contributed by atoms with Crippen LogP contribution in [0.25, 0.3) is 5.69 Å². The highest BCUT2D eigenvalue weighted by Gasteiger charge is 2.36. The van der Waals surface area contributed by atoms with Crippen molar-refractivity contribution in [3.63, 3.8) is 0 Å². The highest BCUT2D eigenvalue weighted by Crippen LogP contribution is 2.29. The number of aryl methyl sites for hydroxylation is 1. The minimum atomic E-state index is -0.906. The average molecular weight is 362 g/mol. The largest absolute Gasteiger partial charge is 0.481 e. The standard InChI is InChI=1S/C18H20ClN3O3/c1-11(18(24)25)10-21(13-7-8-13)17(23)15-9-12(2)22(20-15)16-6-4-3-5-14(16)19/h3-6,9,11,13H,7-8,10H2,1-2H3,(H,24,25). The average Bonchev–Trinajstić information content (AvgIpc) is 3.34. The van der Waals surface area contributed by atoms with Crippen LogP contribution in [-0.2, 0) is 4.79 Å². The molecule has 1 amide bonds. The van der Waals surface area contributed by atoms with Crippen LogP contribution in [-0.4, -0.2) is 44.3 Å². The second-order valence-corrected chi connectivity index (χ2v) is 6.87. The van der Waals surface area contributed by atoms with E-state index in [9.17, 15) is 9.59 Å². The third-order valence-corrected chi connectivity index (χ3v) is 4.65. The van der Waals surface area contributed by atoms with Crippen LogP contribution in [0.2, 0.25) is 5.02 Å². The minimum Gasteiger partial charge on any atom is -0.481 e. The molecule has 1 atom stereocenters. The minimum absolute atomic E-state index is 0.111. The molecule has 1 unspecified atom stereocenters. The molecule has 1 aliphatic carbocycles. The lowest BCUT2D eigenvalue weighted by Crippen LogP contribution is -2.38. The molecule has 1 saturated carbocycles. The molecule has 1 aliphatic rings. The molecule has 0 radical (unpaired) electrons. The molecule has 1 fully saturated rings. The van der Waals surface area contributed by atoms with Gasteiger partial charge in [-0.15, -0.1) is 0 Å². The van der Waals surface area contributed by atoms with E-state index in [4.69, 9.17) is 16.7 Å². The van der Waals surface area contributed by atoms with E-state index >= 15 is 0 Å². The highest BCUT2D eigenvalue weighted by atomic mass is 35.5. The van der Waals surface area contributed by atoms with Gasteiger partial charge in [0.15, 0.2) is 5.69 Å². The zero-order chi connectivity index (χ0) is 18.1. The molecular formula is C18H20ClN3O3. The van der Waals surface area contributed by atoms with E-state index in [0.29, 0.717) is 16.4 Å². The smallest absolute Gasteiger partial charge is 0.308 e. The quantitative estimate of drug-likeness (QED) is 0.857. The number of nitrogens with zero attached hydrogens (tertiary/aromatic N) is 3. The first kappa shape index (κ1) is 17.5. The van der Waals surface area contributed by atoms with Gasteiger partial charge in [0, 0.05) is 18.3 Å². The van der Waals surface area contributed by atoms with E-state index in [1.54, 1.807) is 28.6 Å². The van der Waals surface area contributed by atoms with E-state index in [1.165, 1.54) is 0 Å². The fraction of sp³-hybridized carbons (Fsp3) is 0.389. The van der Waals surface area contributed by atoms with E-state index in [-0.39, 0.29) is 18.5 Å². The van der Waals surface area contributed by atoms with Crippen LogP contribution in [0.3, 0.4) is 0 Å². The summed E-state index contributed by atoms with van der Waals surface area (Å²) in [5.74, 6) is -1.75. The molecule has 0 aliphatic heterocycles. The molecule has 6 nitrogen and oxygen atoms in total. The van der Waals surface area contributed by atoms with E-state index < -0.39 is 11.9 Å². The number of amides is 1. The number of halogens is 1. The fourth-order valence-electron chi connectivity index (χ4n) is 2.75. The summed E-state index contributed by atoms with van der Waals surface area (Å²) in [6, 6.07) is 9.12. The summed E-state index contributed by atoms with van der Waals surface area (Å²) in [5, 5.41) is 14.1. The summed E-state index contributed by atoms with van der Waals surface area (Å²) in [5.41, 5.74) is 1.80. The monoisotopic (exact) mass is 361 g/mol. The Balaban J connectivity index is 1.88. The molecule has 1 heterocycles. The predicted octanol–water partition coefficient (Wildman–Crippen LogP) is 3.16. The number of aromatic nitrogens is 2. The third-order valence-electron chi connectivity index (χ3n) is 4.33. The van der Waals surface area contributed by atoms with Gasteiger partial charge in [0.1, 0.15) is 0 Å². The zero-order valence-corrected chi connectivity index (χ0v) is 14.9. The lowest BCUT2D eigenvalue weighted by molar-refractivity contribution is -0.141. The number of hydrogen-bond acceptors (Lipinski definition) is 3. The van der Waals surface area contributed by atoms with Gasteiger partial charge in [-0.1, -0.05) is 30.7 Å². The van der Waals surface area contributed by atoms with Gasteiger partial charge < -0.3 is 10.0 Å². The highest BCUT2D eigenvalue weighted by molar-refractivity contribution is 6.32. The van der Waals surface area contributed by atoms with Gasteiger partial charge in [-0.05, 0) is 38.0 Å². The van der Waals surface area contributed by atoms with Crippen LogP contribution in [0.4, 0.5) is 0 Å². The van der Waals surface area contributed by atoms with Gasteiger partial charge in [0.25, 0.3) is 5.91 Å². The topological polar surface area (TPSA) is 75.4 Å². The first-order valence-corrected chi connectivity index (χ1v) is 8.61. The summed E-state index contributed by atoms with van der Waals surface area (Å²) in [4.78, 5) is 25.7. The molecule has 132 valence electrons. The Morgan fingerprint density at radius 2 is 2.08 bits per heavy atom. The lowest BCUT2D eigenvalue weighted by Gasteiger charge is -2.23. The van der Waals surface area contributed by atoms with Crippen molar-refractivity contribution in [1.29, 1.82) is 0 Å². The summed E-state index contributed by atoms with van der Waals surface area (Å²) >= 11 is 6.22. The van der Waals surface area contributed by atoms with Crippen molar-refractivity contribution in [1.82, 2.24) is 14.7 Å². The van der Waals surface area contributed by atoms with Crippen LogP contribution in [0.1, 0.15) is 35.9 Å². The van der Waals surface area contributed by atoms with Crippen LogP contribution >= 0.6 is 11.6 Å². The molecule has 0 saturated heterocycles. The first-order chi connectivity index (χ1) is 11.9. The van der Waals surface area contributed by atoms with Crippen molar-refractivity contribution in [2.75, 3.05) is 6.54 Å². The number of aliphatic carboxylic acids is 1. The van der Waals surface area contributed by atoms with Crippen molar-refractivity contribution < 1.29 is 14.7 Å². The van der Waals surface area contributed by atoms with Gasteiger partial charge in [0.05, 0.1) is 16.6 Å². The molecule has 25 heavy (non-hydrogen) atoms. The van der Waals surface area contributed by atoms with Gasteiger partial charge >= 0.3 is 5.97 Å². The van der Waals surface area contributed by atoms with E-state index in [1.807, 2.05) is 25.1 Å². The number of rotatable bonds is 6. The Morgan fingerprint density at radius 1 is 1.40 bits per heavy atom. The van der Waals surface area contributed by atoms with E-state index in [2.05, 4.69) is 5.10 Å². The molecule has 2 aromatic rings. The van der Waals surface area contributed by atoms with Crippen LogP contribution in [0.15, 0.2) is 30.3 Å². The molecule has 1 aromatic heterocycles. The van der Waals surface area contributed by atoms with Gasteiger partial charge in [-0.3, -0.25) is 9.59 Å². The number of carbonyl (C=O) groups is 2. The van der Waals surface area contributed by atoms with E-state index in [0.717, 1.165) is 18.5 Å². The Kier molecular flexibility index (Phi) is 4.81. The second-order valence-electron chi connectivity index (χ2n) is 6.46. The van der Waals surface area contributed by atoms with Crippen molar-refractivity contribution >= 4 is 23.5 Å². The van der Waals surface area contributed by atoms with Crippen molar-refractivity contribution in [2.45, 2.75) is 32.7 Å². The second kappa shape index (κ2) is 6.88. The van der Waals surface area contributed by atoms with Crippen LogP contribution in [0, 0.1) is 12.8 Å². The number of hydrogen-bond donors (Lipinski definition) is 1. The summed E-state index contributed by atoms with van der Waals surface area (Å²) in [6.45, 7) is 3.66. The summed E-state index contributed by atoms with van der Waals surface area (Å²) in [7, 11) is 0. The van der Waals surface area contributed by atoms with Gasteiger partial charge in [-0.25, -0.2) is 4.68 Å². The number of benzene rings is 1. The SMILES string of the molecule is Cc1cc(C(=O)N(CC(C)C(=O)O)C2CC2)nn1-c1ccccc1Cl. The normalized spacial score (nSPS) is 15.0. The summed E-state index contributed by atoms with van der Waals surface area (Å²) in [6.07, 6.45) is 1.81. The Labute approximate surface area is 151 Å². The van der Waals surface area contributed by atoms with Crippen LogP contribution in [0.5, 0.6) is 0 Å². The molecule has 1 N–H and O–H groups in total. The Hall–Kier alpha value is -2.34. The van der Waals surface area contributed by atoms with Crippen molar-refractivity contribution in [3.05, 3.63) is 46.7 Å². The molecule has 0 spiro atoms. The zero-order valence-electron chi connectivity index (χ0n) is 14.1. The van der Waals surface area contributed by atoms with Crippen molar-refractivity contribution in [3.8, 4) is 5.69 Å². The molecule has 0 bridgehead atoms. The fourth-order valence-corrected chi connectivity index (χ4v) is 2.97. The molecule has 1 aromatic carbocycles. The Morgan fingerprint density at radius 3 is 2.68 bits per heavy atom. The molecule has 7 heteroatoms.